The summed E-state index contributed by atoms with van der Waals surface area (Å²) in [5.41, 5.74) is 1.65. The van der Waals surface area contributed by atoms with Gasteiger partial charge in [0.15, 0.2) is 5.69 Å². The van der Waals surface area contributed by atoms with Crippen LogP contribution in [0.25, 0.3) is 0 Å². The summed E-state index contributed by atoms with van der Waals surface area (Å²) in [6.45, 7) is 0. The monoisotopic (exact) mass is 296 g/mol. The lowest BCUT2D eigenvalue weighted by atomic mass is 10.0. The average Bonchev–Trinajstić information content (AvgIpc) is 3.40. The Morgan fingerprint density at radius 2 is 1.95 bits per heavy atom. The highest BCUT2D eigenvalue weighted by Crippen LogP contribution is 2.35. The fourth-order valence-corrected chi connectivity index (χ4v) is 2.55. The van der Waals surface area contributed by atoms with Crippen LogP contribution >= 0.6 is 0 Å². The molecule has 22 heavy (non-hydrogen) atoms. The van der Waals surface area contributed by atoms with Gasteiger partial charge in [-0.15, -0.1) is 10.2 Å². The third-order valence-corrected chi connectivity index (χ3v) is 3.95. The molecule has 1 atom stereocenters. The molecule has 0 spiro atoms. The number of nitrogens with zero attached hydrogens (tertiary/aromatic N) is 2. The molecule has 2 aromatic rings. The maximum atomic E-state index is 11.5. The molecule has 1 aliphatic carbocycles. The van der Waals surface area contributed by atoms with Crippen LogP contribution in [0.5, 0.6) is 0 Å². The van der Waals surface area contributed by atoms with E-state index in [1.165, 1.54) is 18.4 Å². The molecule has 1 aliphatic rings. The Kier molecular flexibility index (Phi) is 4.32. The van der Waals surface area contributed by atoms with E-state index >= 15 is 0 Å². The summed E-state index contributed by atoms with van der Waals surface area (Å²) in [6, 6.07) is 14.3. The van der Waals surface area contributed by atoms with Gasteiger partial charge in [0.2, 0.25) is 0 Å². The van der Waals surface area contributed by atoms with Gasteiger partial charge in [0.05, 0.1) is 0 Å². The van der Waals surface area contributed by atoms with Crippen molar-refractivity contribution in [2.75, 3.05) is 12.4 Å². The maximum absolute atomic E-state index is 11.5. The topological polar surface area (TPSA) is 66.9 Å². The van der Waals surface area contributed by atoms with Crippen molar-refractivity contribution in [3.05, 3.63) is 53.7 Å². The van der Waals surface area contributed by atoms with Gasteiger partial charge in [-0.3, -0.25) is 4.79 Å². The minimum absolute atomic E-state index is 0.220. The minimum Gasteiger partial charge on any atom is -0.365 e. The van der Waals surface area contributed by atoms with Crippen molar-refractivity contribution in [2.45, 2.75) is 25.3 Å². The van der Waals surface area contributed by atoms with Crippen molar-refractivity contribution in [3.8, 4) is 0 Å². The first kappa shape index (κ1) is 14.5. The Hall–Kier alpha value is -2.43. The highest BCUT2D eigenvalue weighted by Gasteiger charge is 2.31. The molecule has 5 heteroatoms. The number of anilines is 1. The largest absolute Gasteiger partial charge is 0.365 e. The fraction of sp³-hybridized carbons (Fsp3) is 0.353. The number of carbonyl (C=O) groups is 1. The summed E-state index contributed by atoms with van der Waals surface area (Å²) in [7, 11) is 1.58. The summed E-state index contributed by atoms with van der Waals surface area (Å²) in [6.07, 6.45) is 3.49. The lowest BCUT2D eigenvalue weighted by Crippen LogP contribution is -2.26. The Balaban J connectivity index is 1.67. The second-order valence-corrected chi connectivity index (χ2v) is 5.66. The lowest BCUT2D eigenvalue weighted by Gasteiger charge is -2.18. The second-order valence-electron chi connectivity index (χ2n) is 5.66. The molecule has 0 radical (unpaired) electrons. The Morgan fingerprint density at radius 3 is 2.55 bits per heavy atom. The molecule has 3 rings (SSSR count). The van der Waals surface area contributed by atoms with E-state index in [9.17, 15) is 4.79 Å². The first-order valence-corrected chi connectivity index (χ1v) is 7.62. The van der Waals surface area contributed by atoms with Gasteiger partial charge in [-0.25, -0.2) is 0 Å². The molecule has 1 saturated carbocycles. The number of nitrogens with one attached hydrogen (secondary N) is 2. The minimum atomic E-state index is -0.220. The highest BCUT2D eigenvalue weighted by molar-refractivity contribution is 5.91. The third kappa shape index (κ3) is 3.61. The molecule has 1 fully saturated rings. The molecule has 114 valence electrons. The SMILES string of the molecule is CNC(=O)c1ccc(NC(Cc2ccccc2)C2CC2)nn1. The first-order valence-electron chi connectivity index (χ1n) is 7.62. The molecular weight excluding hydrogens is 276 g/mol. The van der Waals surface area contributed by atoms with E-state index in [0.29, 0.717) is 17.7 Å². The maximum Gasteiger partial charge on any atom is 0.271 e. The average molecular weight is 296 g/mol. The van der Waals surface area contributed by atoms with E-state index < -0.39 is 0 Å². The van der Waals surface area contributed by atoms with Crippen molar-refractivity contribution >= 4 is 11.7 Å². The molecule has 0 aliphatic heterocycles. The second kappa shape index (κ2) is 6.56. The van der Waals surface area contributed by atoms with Crippen molar-refractivity contribution in [1.29, 1.82) is 0 Å². The van der Waals surface area contributed by atoms with Gasteiger partial charge in [0.25, 0.3) is 5.91 Å². The number of hydrogen-bond donors (Lipinski definition) is 2. The predicted molar refractivity (Wildman–Crippen MR) is 85.7 cm³/mol. The number of aromatic nitrogens is 2. The third-order valence-electron chi connectivity index (χ3n) is 3.95. The summed E-state index contributed by atoms with van der Waals surface area (Å²) >= 11 is 0. The molecule has 2 N–H and O–H groups in total. The number of carbonyl (C=O) groups excluding carboxylic acids is 1. The van der Waals surface area contributed by atoms with Gasteiger partial charge in [0.1, 0.15) is 5.82 Å². The Labute approximate surface area is 130 Å². The van der Waals surface area contributed by atoms with Crippen molar-refractivity contribution in [2.24, 2.45) is 5.92 Å². The van der Waals surface area contributed by atoms with Crippen LogP contribution in [0, 0.1) is 5.92 Å². The van der Waals surface area contributed by atoms with E-state index in [4.69, 9.17) is 0 Å². The van der Waals surface area contributed by atoms with E-state index in [2.05, 4.69) is 45.1 Å². The zero-order valence-electron chi connectivity index (χ0n) is 12.6. The number of benzene rings is 1. The Morgan fingerprint density at radius 1 is 1.18 bits per heavy atom. The van der Waals surface area contributed by atoms with Gasteiger partial charge >= 0.3 is 0 Å². The van der Waals surface area contributed by atoms with Crippen LogP contribution in [0.3, 0.4) is 0 Å². The number of amides is 1. The quantitative estimate of drug-likeness (QED) is 0.858. The summed E-state index contributed by atoms with van der Waals surface area (Å²) < 4.78 is 0. The molecule has 1 amide bonds. The molecule has 1 unspecified atom stereocenters. The standard InChI is InChI=1S/C17H20N4O/c1-18-17(22)14-9-10-16(21-20-14)19-15(13-7-8-13)11-12-5-3-2-4-6-12/h2-6,9-10,13,15H,7-8,11H2,1H3,(H,18,22)(H,19,21). The number of hydrogen-bond acceptors (Lipinski definition) is 4. The van der Waals surface area contributed by atoms with E-state index in [0.717, 1.165) is 12.2 Å². The molecule has 1 heterocycles. The van der Waals surface area contributed by atoms with E-state index in [1.807, 2.05) is 12.1 Å². The van der Waals surface area contributed by atoms with Crippen LogP contribution in [-0.2, 0) is 6.42 Å². The molecule has 1 aromatic carbocycles. The van der Waals surface area contributed by atoms with Crippen LogP contribution < -0.4 is 10.6 Å². The van der Waals surface area contributed by atoms with Crippen LogP contribution in [-0.4, -0.2) is 29.2 Å². The molecule has 0 saturated heterocycles. The van der Waals surface area contributed by atoms with Gasteiger partial charge < -0.3 is 10.6 Å². The predicted octanol–water partition coefficient (Wildman–Crippen LogP) is 2.27. The van der Waals surface area contributed by atoms with Gasteiger partial charge in [-0.05, 0) is 42.9 Å². The van der Waals surface area contributed by atoms with Crippen LogP contribution in [0.2, 0.25) is 0 Å². The smallest absolute Gasteiger partial charge is 0.271 e. The van der Waals surface area contributed by atoms with E-state index in [1.54, 1.807) is 13.1 Å². The van der Waals surface area contributed by atoms with Gasteiger partial charge in [0, 0.05) is 13.1 Å². The normalized spacial score (nSPS) is 15.1. The van der Waals surface area contributed by atoms with Crippen molar-refractivity contribution in [1.82, 2.24) is 15.5 Å². The summed E-state index contributed by atoms with van der Waals surface area (Å²) in [4.78, 5) is 11.5. The molecule has 5 nitrogen and oxygen atoms in total. The molecule has 1 aromatic heterocycles. The van der Waals surface area contributed by atoms with Gasteiger partial charge in [-0.1, -0.05) is 30.3 Å². The van der Waals surface area contributed by atoms with Crippen molar-refractivity contribution < 1.29 is 4.79 Å². The first-order chi connectivity index (χ1) is 10.8. The lowest BCUT2D eigenvalue weighted by molar-refractivity contribution is 0.0957. The zero-order valence-corrected chi connectivity index (χ0v) is 12.6. The molecule has 0 bridgehead atoms. The van der Waals surface area contributed by atoms with Crippen LogP contribution in [0.1, 0.15) is 28.9 Å². The van der Waals surface area contributed by atoms with E-state index in [-0.39, 0.29) is 5.91 Å². The van der Waals surface area contributed by atoms with Crippen LogP contribution in [0.15, 0.2) is 42.5 Å². The molecular formula is C17H20N4O. The summed E-state index contributed by atoms with van der Waals surface area (Å²) in [5.74, 6) is 1.20. The highest BCUT2D eigenvalue weighted by atomic mass is 16.1. The fourth-order valence-electron chi connectivity index (χ4n) is 2.55. The summed E-state index contributed by atoms with van der Waals surface area (Å²) in [5, 5.41) is 14.1. The van der Waals surface area contributed by atoms with Crippen molar-refractivity contribution in [3.63, 3.8) is 0 Å². The number of rotatable bonds is 6. The zero-order chi connectivity index (χ0) is 15.4. The Bertz CT molecular complexity index is 623. The van der Waals surface area contributed by atoms with Crippen LogP contribution in [0.4, 0.5) is 5.82 Å². The van der Waals surface area contributed by atoms with Gasteiger partial charge in [-0.2, -0.15) is 0 Å².